The average molecular weight is 307 g/mol. The molecule has 0 heterocycles. The lowest BCUT2D eigenvalue weighted by atomic mass is 10.0. The number of hydrogen-bond acceptors (Lipinski definition) is 4. The smallest absolute Gasteiger partial charge is 0.414 e. The van der Waals surface area contributed by atoms with Crippen molar-refractivity contribution in [2.45, 2.75) is 47.5 Å². The fourth-order valence-electron chi connectivity index (χ4n) is 2.19. The van der Waals surface area contributed by atoms with Crippen LogP contribution in [0.25, 0.3) is 0 Å². The summed E-state index contributed by atoms with van der Waals surface area (Å²) in [7, 11) is 1.68. The van der Waals surface area contributed by atoms with E-state index in [1.807, 2.05) is 33.8 Å². The molecule has 0 unspecified atom stereocenters. The Labute approximate surface area is 132 Å². The zero-order valence-corrected chi connectivity index (χ0v) is 14.3. The molecule has 0 spiro atoms. The number of rotatable bonds is 5. The third-order valence-electron chi connectivity index (χ3n) is 3.60. The van der Waals surface area contributed by atoms with Gasteiger partial charge < -0.3 is 9.47 Å². The van der Waals surface area contributed by atoms with Crippen molar-refractivity contribution in [1.29, 1.82) is 0 Å². The zero-order valence-electron chi connectivity index (χ0n) is 14.3. The van der Waals surface area contributed by atoms with Crippen LogP contribution < -0.4 is 9.64 Å². The van der Waals surface area contributed by atoms with E-state index >= 15 is 0 Å². The number of unbranched alkanes of at least 4 members (excludes halogenated alkanes) is 1. The SMILES string of the molecule is CCCCOC(=O)N(C)c1cc(C)c(OC(C)=O)c(C)c1C. The van der Waals surface area contributed by atoms with Crippen LogP contribution in [0.3, 0.4) is 0 Å². The van der Waals surface area contributed by atoms with Gasteiger partial charge in [-0.2, -0.15) is 0 Å². The number of esters is 1. The molecule has 1 aromatic rings. The second-order valence-electron chi connectivity index (χ2n) is 5.41. The molecule has 0 atom stereocenters. The topological polar surface area (TPSA) is 55.8 Å². The fourth-order valence-corrected chi connectivity index (χ4v) is 2.19. The van der Waals surface area contributed by atoms with E-state index in [9.17, 15) is 9.59 Å². The number of carbonyl (C=O) groups is 2. The van der Waals surface area contributed by atoms with E-state index in [1.165, 1.54) is 11.8 Å². The lowest BCUT2D eigenvalue weighted by Crippen LogP contribution is -2.28. The number of anilines is 1. The number of amides is 1. The van der Waals surface area contributed by atoms with Gasteiger partial charge in [-0.3, -0.25) is 9.69 Å². The molecular formula is C17H25NO4. The van der Waals surface area contributed by atoms with Crippen molar-refractivity contribution in [3.05, 3.63) is 22.8 Å². The van der Waals surface area contributed by atoms with Crippen LogP contribution in [0.2, 0.25) is 0 Å². The Hall–Kier alpha value is -2.04. The van der Waals surface area contributed by atoms with Gasteiger partial charge in [0.2, 0.25) is 0 Å². The standard InChI is InChI=1S/C17H25NO4/c1-7-8-9-21-17(20)18(6)15-10-11(2)16(22-14(5)19)13(4)12(15)3/h10H,7-9H2,1-6H3. The summed E-state index contributed by atoms with van der Waals surface area (Å²) in [6, 6.07) is 1.84. The second kappa shape index (κ2) is 7.82. The summed E-state index contributed by atoms with van der Waals surface area (Å²) in [6.07, 6.45) is 1.45. The Kier molecular flexibility index (Phi) is 6.40. The Morgan fingerprint density at radius 2 is 1.82 bits per heavy atom. The molecule has 0 aromatic heterocycles. The van der Waals surface area contributed by atoms with Gasteiger partial charge in [0, 0.05) is 14.0 Å². The molecule has 5 nitrogen and oxygen atoms in total. The minimum atomic E-state index is -0.379. The first kappa shape index (κ1) is 18.0. The fraction of sp³-hybridized carbons (Fsp3) is 0.529. The first-order valence-electron chi connectivity index (χ1n) is 7.49. The number of benzene rings is 1. The van der Waals surface area contributed by atoms with E-state index in [4.69, 9.17) is 9.47 Å². The van der Waals surface area contributed by atoms with Crippen molar-refractivity contribution >= 4 is 17.7 Å². The molecule has 1 rings (SSSR count). The molecule has 1 aromatic carbocycles. The number of nitrogens with zero attached hydrogens (tertiary/aromatic N) is 1. The molecule has 0 aliphatic carbocycles. The van der Waals surface area contributed by atoms with Gasteiger partial charge in [-0.25, -0.2) is 4.79 Å². The highest BCUT2D eigenvalue weighted by atomic mass is 16.6. The van der Waals surface area contributed by atoms with E-state index in [2.05, 4.69) is 0 Å². The summed E-state index contributed by atoms with van der Waals surface area (Å²) < 4.78 is 10.5. The Bertz CT molecular complexity index is 566. The normalized spacial score (nSPS) is 10.3. The Morgan fingerprint density at radius 1 is 1.18 bits per heavy atom. The molecule has 122 valence electrons. The van der Waals surface area contributed by atoms with E-state index in [1.54, 1.807) is 7.05 Å². The molecule has 1 amide bonds. The number of hydrogen-bond donors (Lipinski definition) is 0. The van der Waals surface area contributed by atoms with Crippen LogP contribution >= 0.6 is 0 Å². The van der Waals surface area contributed by atoms with Gasteiger partial charge in [-0.15, -0.1) is 0 Å². The summed E-state index contributed by atoms with van der Waals surface area (Å²) in [6.45, 7) is 9.46. The van der Waals surface area contributed by atoms with Gasteiger partial charge >= 0.3 is 12.1 Å². The predicted molar refractivity (Wildman–Crippen MR) is 86.6 cm³/mol. The number of carbonyl (C=O) groups excluding carboxylic acids is 2. The van der Waals surface area contributed by atoms with Crippen molar-refractivity contribution in [2.75, 3.05) is 18.6 Å². The quantitative estimate of drug-likeness (QED) is 0.470. The number of aryl methyl sites for hydroxylation is 1. The van der Waals surface area contributed by atoms with Gasteiger partial charge in [0.25, 0.3) is 0 Å². The average Bonchev–Trinajstić information content (AvgIpc) is 2.46. The van der Waals surface area contributed by atoms with Crippen LogP contribution in [0.1, 0.15) is 43.4 Å². The molecule has 0 fully saturated rings. The summed E-state index contributed by atoms with van der Waals surface area (Å²) >= 11 is 0. The van der Waals surface area contributed by atoms with E-state index in [-0.39, 0.29) is 12.1 Å². The van der Waals surface area contributed by atoms with Crippen LogP contribution in [0.15, 0.2) is 6.07 Å². The molecule has 0 radical (unpaired) electrons. The van der Waals surface area contributed by atoms with Gasteiger partial charge in [-0.1, -0.05) is 13.3 Å². The summed E-state index contributed by atoms with van der Waals surface area (Å²) in [5.74, 6) is 0.201. The summed E-state index contributed by atoms with van der Waals surface area (Å²) in [5.41, 5.74) is 3.30. The third kappa shape index (κ3) is 4.23. The highest BCUT2D eigenvalue weighted by molar-refractivity contribution is 5.89. The molecule has 0 bridgehead atoms. The lowest BCUT2D eigenvalue weighted by molar-refractivity contribution is -0.131. The largest absolute Gasteiger partial charge is 0.449 e. The van der Waals surface area contributed by atoms with E-state index < -0.39 is 0 Å². The predicted octanol–water partition coefficient (Wildman–Crippen LogP) is 3.91. The molecule has 5 heteroatoms. The lowest BCUT2D eigenvalue weighted by Gasteiger charge is -2.22. The molecule has 22 heavy (non-hydrogen) atoms. The Balaban J connectivity index is 3.05. The van der Waals surface area contributed by atoms with Crippen LogP contribution in [-0.2, 0) is 9.53 Å². The van der Waals surface area contributed by atoms with Crippen molar-refractivity contribution < 1.29 is 19.1 Å². The van der Waals surface area contributed by atoms with Gasteiger partial charge in [0.1, 0.15) is 5.75 Å². The Morgan fingerprint density at radius 3 is 2.36 bits per heavy atom. The maximum atomic E-state index is 12.1. The van der Waals surface area contributed by atoms with Crippen molar-refractivity contribution in [3.8, 4) is 5.75 Å². The van der Waals surface area contributed by atoms with E-state index in [0.29, 0.717) is 12.4 Å². The summed E-state index contributed by atoms with van der Waals surface area (Å²) in [4.78, 5) is 24.8. The summed E-state index contributed by atoms with van der Waals surface area (Å²) in [5, 5.41) is 0. The second-order valence-corrected chi connectivity index (χ2v) is 5.41. The third-order valence-corrected chi connectivity index (χ3v) is 3.60. The van der Waals surface area contributed by atoms with Gasteiger partial charge in [-0.05, 0) is 49.9 Å². The first-order valence-corrected chi connectivity index (χ1v) is 7.49. The molecule has 0 N–H and O–H groups in total. The molecule has 0 aliphatic rings. The highest BCUT2D eigenvalue weighted by Gasteiger charge is 2.19. The van der Waals surface area contributed by atoms with Crippen LogP contribution in [0.4, 0.5) is 10.5 Å². The van der Waals surface area contributed by atoms with Crippen LogP contribution in [-0.4, -0.2) is 25.7 Å². The monoisotopic (exact) mass is 307 g/mol. The van der Waals surface area contributed by atoms with Crippen LogP contribution in [0, 0.1) is 20.8 Å². The van der Waals surface area contributed by atoms with Gasteiger partial charge in [0.05, 0.1) is 12.3 Å². The minimum Gasteiger partial charge on any atom is -0.449 e. The zero-order chi connectivity index (χ0) is 16.9. The highest BCUT2D eigenvalue weighted by Crippen LogP contribution is 2.33. The van der Waals surface area contributed by atoms with E-state index in [0.717, 1.165) is 35.2 Å². The maximum Gasteiger partial charge on any atom is 0.414 e. The number of ether oxygens (including phenoxy) is 2. The minimum absolute atomic E-state index is 0.356. The van der Waals surface area contributed by atoms with Gasteiger partial charge in [0.15, 0.2) is 0 Å². The van der Waals surface area contributed by atoms with Crippen molar-refractivity contribution in [2.24, 2.45) is 0 Å². The maximum absolute atomic E-state index is 12.1. The molecule has 0 saturated heterocycles. The molecule has 0 aliphatic heterocycles. The van der Waals surface area contributed by atoms with Crippen LogP contribution in [0.5, 0.6) is 5.75 Å². The molecule has 0 saturated carbocycles. The van der Waals surface area contributed by atoms with Crippen molar-refractivity contribution in [1.82, 2.24) is 0 Å². The molecular weight excluding hydrogens is 282 g/mol. The van der Waals surface area contributed by atoms with Crippen molar-refractivity contribution in [3.63, 3.8) is 0 Å². The first-order chi connectivity index (χ1) is 10.3.